The van der Waals surface area contributed by atoms with E-state index in [2.05, 4.69) is 31.9 Å². The normalized spacial score (nSPS) is 12.9. The number of benzene rings is 1. The summed E-state index contributed by atoms with van der Waals surface area (Å²) in [6.45, 7) is 2.03. The van der Waals surface area contributed by atoms with Gasteiger partial charge in [-0.1, -0.05) is 29.3 Å². The van der Waals surface area contributed by atoms with Gasteiger partial charge in [0.1, 0.15) is 5.82 Å². The molecule has 0 saturated carbocycles. The van der Waals surface area contributed by atoms with Gasteiger partial charge in [0.05, 0.1) is 4.47 Å². The smallest absolute Gasteiger partial charge is 0.142 e. The van der Waals surface area contributed by atoms with E-state index in [9.17, 15) is 4.39 Å². The third-order valence-corrected chi connectivity index (χ3v) is 3.06. The van der Waals surface area contributed by atoms with Gasteiger partial charge < -0.3 is 5.73 Å². The van der Waals surface area contributed by atoms with E-state index in [0.29, 0.717) is 10.0 Å². The molecule has 0 fully saturated rings. The van der Waals surface area contributed by atoms with Crippen molar-refractivity contribution in [3.05, 3.63) is 32.5 Å². The average Bonchev–Trinajstić information content (AvgIpc) is 2.11. The predicted molar refractivity (Wildman–Crippen MR) is 63.6 cm³/mol. The summed E-state index contributed by atoms with van der Waals surface area (Å²) in [7, 11) is 0. The van der Waals surface area contributed by atoms with Crippen LogP contribution in [0.1, 0.15) is 31.4 Å². The molecule has 14 heavy (non-hydrogen) atoms. The summed E-state index contributed by atoms with van der Waals surface area (Å²) >= 11 is 6.47. The molecule has 1 aromatic rings. The molecule has 0 unspecified atom stereocenters. The number of hydrogen-bond acceptors (Lipinski definition) is 1. The molecule has 2 N–H and O–H groups in total. The summed E-state index contributed by atoms with van der Waals surface area (Å²) in [4.78, 5) is 0. The van der Waals surface area contributed by atoms with Crippen molar-refractivity contribution in [3.63, 3.8) is 0 Å². The van der Waals surface area contributed by atoms with Crippen LogP contribution < -0.4 is 5.73 Å². The average molecular weight is 325 g/mol. The Kier molecular flexibility index (Phi) is 4.54. The zero-order chi connectivity index (χ0) is 10.7. The molecule has 78 valence electrons. The van der Waals surface area contributed by atoms with Crippen molar-refractivity contribution in [3.8, 4) is 0 Å². The standard InChI is InChI=1S/C10H12Br2FN/c1-2-3-9(14)7-4-6(11)5-8(12)10(7)13/h4-5,9H,2-3,14H2,1H3/t9-/m1/s1. The molecular weight excluding hydrogens is 313 g/mol. The second-order valence-corrected chi connectivity index (χ2v) is 4.96. The van der Waals surface area contributed by atoms with Gasteiger partial charge in [0.15, 0.2) is 0 Å². The van der Waals surface area contributed by atoms with Gasteiger partial charge in [-0.05, 0) is 34.5 Å². The minimum atomic E-state index is -0.255. The molecule has 0 amide bonds. The fourth-order valence-electron chi connectivity index (χ4n) is 1.31. The minimum Gasteiger partial charge on any atom is -0.324 e. The molecule has 1 aromatic carbocycles. The third kappa shape index (κ3) is 2.78. The maximum absolute atomic E-state index is 13.6. The van der Waals surface area contributed by atoms with Crippen LogP contribution in [0.4, 0.5) is 4.39 Å². The highest BCUT2D eigenvalue weighted by molar-refractivity contribution is 9.11. The van der Waals surface area contributed by atoms with Crippen LogP contribution in [0.5, 0.6) is 0 Å². The van der Waals surface area contributed by atoms with Gasteiger partial charge in [0.2, 0.25) is 0 Å². The largest absolute Gasteiger partial charge is 0.324 e. The highest BCUT2D eigenvalue weighted by Gasteiger charge is 2.14. The van der Waals surface area contributed by atoms with E-state index in [4.69, 9.17) is 5.73 Å². The zero-order valence-corrected chi connectivity index (χ0v) is 11.0. The Morgan fingerprint density at radius 2 is 2.07 bits per heavy atom. The Morgan fingerprint density at radius 3 is 2.64 bits per heavy atom. The maximum Gasteiger partial charge on any atom is 0.142 e. The van der Waals surface area contributed by atoms with Gasteiger partial charge in [-0.25, -0.2) is 4.39 Å². The van der Waals surface area contributed by atoms with Crippen LogP contribution in [-0.4, -0.2) is 0 Å². The van der Waals surface area contributed by atoms with Crippen molar-refractivity contribution < 1.29 is 4.39 Å². The van der Waals surface area contributed by atoms with Crippen LogP contribution in [0, 0.1) is 5.82 Å². The van der Waals surface area contributed by atoms with Crippen molar-refractivity contribution in [2.45, 2.75) is 25.8 Å². The van der Waals surface area contributed by atoms with E-state index >= 15 is 0 Å². The first-order valence-electron chi connectivity index (χ1n) is 4.46. The molecule has 1 rings (SSSR count). The van der Waals surface area contributed by atoms with Gasteiger partial charge in [-0.15, -0.1) is 0 Å². The van der Waals surface area contributed by atoms with Gasteiger partial charge in [-0.3, -0.25) is 0 Å². The summed E-state index contributed by atoms with van der Waals surface area (Å²) < 4.78 is 14.9. The highest BCUT2D eigenvalue weighted by atomic mass is 79.9. The number of halogens is 3. The number of nitrogens with two attached hydrogens (primary N) is 1. The van der Waals surface area contributed by atoms with Crippen LogP contribution in [0.15, 0.2) is 21.1 Å². The minimum absolute atomic E-state index is 0.228. The van der Waals surface area contributed by atoms with Crippen molar-refractivity contribution >= 4 is 31.9 Å². The molecule has 0 spiro atoms. The SMILES string of the molecule is CCC[C@@H](N)c1cc(Br)cc(Br)c1F. The first-order chi connectivity index (χ1) is 6.56. The summed E-state index contributed by atoms with van der Waals surface area (Å²) in [5.74, 6) is -0.255. The number of rotatable bonds is 3. The fourth-order valence-corrected chi connectivity index (χ4v) is 2.57. The Labute approximate surface area is 100 Å². The quantitative estimate of drug-likeness (QED) is 0.830. The molecule has 1 atom stereocenters. The van der Waals surface area contributed by atoms with E-state index in [1.807, 2.05) is 6.92 Å². The summed E-state index contributed by atoms with van der Waals surface area (Å²) in [6, 6.07) is 3.19. The molecular formula is C10H12Br2FN. The van der Waals surface area contributed by atoms with Crippen molar-refractivity contribution in [2.24, 2.45) is 5.73 Å². The lowest BCUT2D eigenvalue weighted by Gasteiger charge is -2.13. The van der Waals surface area contributed by atoms with Crippen molar-refractivity contribution in [1.82, 2.24) is 0 Å². The summed E-state index contributed by atoms with van der Waals surface area (Å²) in [5.41, 5.74) is 6.43. The Morgan fingerprint density at radius 1 is 1.43 bits per heavy atom. The highest BCUT2D eigenvalue weighted by Crippen LogP contribution is 2.29. The Bertz CT molecular complexity index is 328. The van der Waals surface area contributed by atoms with Gasteiger partial charge in [0.25, 0.3) is 0 Å². The van der Waals surface area contributed by atoms with Crippen LogP contribution in [0.2, 0.25) is 0 Å². The molecule has 0 saturated heterocycles. The molecule has 0 bridgehead atoms. The maximum atomic E-state index is 13.6. The molecule has 0 aliphatic carbocycles. The lowest BCUT2D eigenvalue weighted by atomic mass is 10.0. The molecule has 0 heterocycles. The summed E-state index contributed by atoms with van der Waals surface area (Å²) in [5, 5.41) is 0. The Hall–Kier alpha value is 0.0700. The van der Waals surface area contributed by atoms with Crippen LogP contribution in [-0.2, 0) is 0 Å². The number of hydrogen-bond donors (Lipinski definition) is 1. The Balaban J connectivity index is 3.07. The van der Waals surface area contributed by atoms with Gasteiger partial charge in [0, 0.05) is 16.1 Å². The molecule has 0 aromatic heterocycles. The van der Waals surface area contributed by atoms with E-state index < -0.39 is 0 Å². The summed E-state index contributed by atoms with van der Waals surface area (Å²) in [6.07, 6.45) is 1.74. The van der Waals surface area contributed by atoms with E-state index in [-0.39, 0.29) is 11.9 Å². The van der Waals surface area contributed by atoms with Crippen molar-refractivity contribution in [1.29, 1.82) is 0 Å². The molecule has 4 heteroatoms. The first kappa shape index (κ1) is 12.1. The second-order valence-electron chi connectivity index (χ2n) is 3.19. The molecule has 0 radical (unpaired) electrons. The van der Waals surface area contributed by atoms with Crippen molar-refractivity contribution in [2.75, 3.05) is 0 Å². The molecule has 0 aliphatic heterocycles. The topological polar surface area (TPSA) is 26.0 Å². The van der Waals surface area contributed by atoms with Gasteiger partial charge >= 0.3 is 0 Å². The zero-order valence-electron chi connectivity index (χ0n) is 7.86. The lowest BCUT2D eigenvalue weighted by molar-refractivity contribution is 0.555. The van der Waals surface area contributed by atoms with E-state index in [1.165, 1.54) is 0 Å². The third-order valence-electron chi connectivity index (χ3n) is 2.02. The fraction of sp³-hybridized carbons (Fsp3) is 0.400. The predicted octanol–water partition coefficient (Wildman–Crippen LogP) is 4.15. The van der Waals surface area contributed by atoms with Gasteiger partial charge in [-0.2, -0.15) is 0 Å². The van der Waals surface area contributed by atoms with E-state index in [0.717, 1.165) is 17.3 Å². The van der Waals surface area contributed by atoms with E-state index in [1.54, 1.807) is 12.1 Å². The molecule has 1 nitrogen and oxygen atoms in total. The van der Waals surface area contributed by atoms with Crippen LogP contribution in [0.25, 0.3) is 0 Å². The van der Waals surface area contributed by atoms with Crippen LogP contribution >= 0.6 is 31.9 Å². The second kappa shape index (κ2) is 5.24. The monoisotopic (exact) mass is 323 g/mol. The molecule has 0 aliphatic rings. The first-order valence-corrected chi connectivity index (χ1v) is 6.05. The lowest BCUT2D eigenvalue weighted by Crippen LogP contribution is -2.12. The van der Waals surface area contributed by atoms with Crippen LogP contribution in [0.3, 0.4) is 0 Å².